The van der Waals surface area contributed by atoms with Crippen molar-refractivity contribution in [2.24, 2.45) is 0 Å². The lowest BCUT2D eigenvalue weighted by Crippen LogP contribution is -1.92. The van der Waals surface area contributed by atoms with Crippen LogP contribution in [0.25, 0.3) is 11.6 Å². The van der Waals surface area contributed by atoms with Gasteiger partial charge in [0, 0.05) is 0 Å². The molecule has 98 valence electrons. The van der Waals surface area contributed by atoms with Crippen LogP contribution in [0.5, 0.6) is 11.5 Å². The maximum atomic E-state index is 9.33. The highest BCUT2D eigenvalue weighted by Crippen LogP contribution is 2.33. The summed E-state index contributed by atoms with van der Waals surface area (Å²) in [5.74, 6) is 1.47. The second kappa shape index (κ2) is 5.10. The van der Waals surface area contributed by atoms with E-state index in [2.05, 4.69) is 6.07 Å². The zero-order valence-corrected chi connectivity index (χ0v) is 11.1. The fraction of sp³-hybridized carbons (Fsp3) is 0.118. The lowest BCUT2D eigenvalue weighted by atomic mass is 10.0. The zero-order chi connectivity index (χ0) is 13.9. The van der Waals surface area contributed by atoms with Crippen LogP contribution in [0, 0.1) is 18.3 Å². The summed E-state index contributed by atoms with van der Waals surface area (Å²) in [5, 5.41) is 9.33. The minimum absolute atomic E-state index is 0.256. The Labute approximate surface area is 117 Å². The van der Waals surface area contributed by atoms with Crippen LogP contribution in [-0.4, -0.2) is 6.79 Å². The van der Waals surface area contributed by atoms with Crippen molar-refractivity contribution in [2.75, 3.05) is 6.79 Å². The number of benzene rings is 2. The van der Waals surface area contributed by atoms with Gasteiger partial charge in [0.05, 0.1) is 11.6 Å². The molecule has 0 N–H and O–H groups in total. The Morgan fingerprint density at radius 1 is 1.10 bits per heavy atom. The van der Waals surface area contributed by atoms with E-state index in [1.54, 1.807) is 0 Å². The summed E-state index contributed by atoms with van der Waals surface area (Å²) in [4.78, 5) is 0. The average Bonchev–Trinajstić information content (AvgIpc) is 2.93. The molecule has 0 bridgehead atoms. The fourth-order valence-corrected chi connectivity index (χ4v) is 2.08. The Morgan fingerprint density at radius 3 is 2.60 bits per heavy atom. The molecule has 0 spiro atoms. The smallest absolute Gasteiger partial charge is 0.231 e. The van der Waals surface area contributed by atoms with Crippen LogP contribution in [0.15, 0.2) is 42.5 Å². The third-order valence-electron chi connectivity index (χ3n) is 3.19. The summed E-state index contributed by atoms with van der Waals surface area (Å²) in [6.07, 6.45) is 1.85. The van der Waals surface area contributed by atoms with E-state index in [4.69, 9.17) is 9.47 Å². The standard InChI is InChI=1S/C17H13NO2/c1-12-2-5-14(6-3-12)15(10-18)8-13-4-7-16-17(9-13)20-11-19-16/h2-9H,11H2,1H3/b15-8+. The van der Waals surface area contributed by atoms with Crippen molar-refractivity contribution in [1.29, 1.82) is 5.26 Å². The van der Waals surface area contributed by atoms with Crippen molar-refractivity contribution in [3.8, 4) is 17.6 Å². The number of aryl methyl sites for hydroxylation is 1. The lowest BCUT2D eigenvalue weighted by molar-refractivity contribution is 0.174. The molecule has 0 fully saturated rings. The van der Waals surface area contributed by atoms with Gasteiger partial charge in [0.2, 0.25) is 6.79 Å². The van der Waals surface area contributed by atoms with E-state index >= 15 is 0 Å². The molecule has 1 aliphatic heterocycles. The summed E-state index contributed by atoms with van der Waals surface area (Å²) >= 11 is 0. The molecule has 0 saturated carbocycles. The number of nitriles is 1. The van der Waals surface area contributed by atoms with Crippen LogP contribution in [0.2, 0.25) is 0 Å². The van der Waals surface area contributed by atoms with Crippen LogP contribution < -0.4 is 9.47 Å². The maximum absolute atomic E-state index is 9.33. The molecule has 0 atom stereocenters. The molecule has 1 heterocycles. The van der Waals surface area contributed by atoms with Crippen molar-refractivity contribution in [3.63, 3.8) is 0 Å². The van der Waals surface area contributed by atoms with E-state index < -0.39 is 0 Å². The van der Waals surface area contributed by atoms with Crippen LogP contribution in [0.3, 0.4) is 0 Å². The maximum Gasteiger partial charge on any atom is 0.231 e. The Morgan fingerprint density at radius 2 is 1.85 bits per heavy atom. The third-order valence-corrected chi connectivity index (χ3v) is 3.19. The number of rotatable bonds is 2. The molecule has 3 nitrogen and oxygen atoms in total. The van der Waals surface area contributed by atoms with Gasteiger partial charge in [0.15, 0.2) is 11.5 Å². The van der Waals surface area contributed by atoms with Gasteiger partial charge in [-0.05, 0) is 36.3 Å². The van der Waals surface area contributed by atoms with Gasteiger partial charge in [-0.1, -0.05) is 35.9 Å². The minimum atomic E-state index is 0.256. The minimum Gasteiger partial charge on any atom is -0.454 e. The number of allylic oxidation sites excluding steroid dienone is 1. The van der Waals surface area contributed by atoms with Crippen LogP contribution in [0.1, 0.15) is 16.7 Å². The molecule has 3 rings (SSSR count). The molecule has 0 saturated heterocycles. The Bertz CT molecular complexity index is 709. The molecule has 0 radical (unpaired) electrons. The summed E-state index contributed by atoms with van der Waals surface area (Å²) in [6, 6.07) is 15.8. The topological polar surface area (TPSA) is 42.2 Å². The van der Waals surface area contributed by atoms with Crippen molar-refractivity contribution >= 4 is 11.6 Å². The normalized spacial score (nSPS) is 13.1. The highest BCUT2D eigenvalue weighted by atomic mass is 16.7. The molecule has 2 aromatic carbocycles. The molecule has 0 amide bonds. The van der Waals surface area contributed by atoms with E-state index in [-0.39, 0.29) is 6.79 Å². The number of ether oxygens (including phenoxy) is 2. The van der Waals surface area contributed by atoms with Gasteiger partial charge in [-0.3, -0.25) is 0 Å². The lowest BCUT2D eigenvalue weighted by Gasteiger charge is -2.02. The van der Waals surface area contributed by atoms with Crippen molar-refractivity contribution in [1.82, 2.24) is 0 Å². The zero-order valence-electron chi connectivity index (χ0n) is 11.1. The van der Waals surface area contributed by atoms with Crippen LogP contribution in [0.4, 0.5) is 0 Å². The first-order valence-corrected chi connectivity index (χ1v) is 6.35. The van der Waals surface area contributed by atoms with Crippen LogP contribution >= 0.6 is 0 Å². The number of hydrogen-bond acceptors (Lipinski definition) is 3. The van der Waals surface area contributed by atoms with Gasteiger partial charge in [-0.25, -0.2) is 0 Å². The Hall–Kier alpha value is -2.73. The monoisotopic (exact) mass is 263 g/mol. The highest BCUT2D eigenvalue weighted by Gasteiger charge is 2.12. The highest BCUT2D eigenvalue weighted by molar-refractivity contribution is 5.89. The summed E-state index contributed by atoms with van der Waals surface area (Å²) < 4.78 is 10.6. The molecule has 0 aliphatic carbocycles. The van der Waals surface area contributed by atoms with Gasteiger partial charge in [0.1, 0.15) is 0 Å². The molecule has 20 heavy (non-hydrogen) atoms. The first-order valence-electron chi connectivity index (χ1n) is 6.35. The van der Waals surface area contributed by atoms with Gasteiger partial charge < -0.3 is 9.47 Å². The molecule has 3 heteroatoms. The van der Waals surface area contributed by atoms with Gasteiger partial charge in [-0.15, -0.1) is 0 Å². The van der Waals surface area contributed by atoms with Crippen molar-refractivity contribution in [3.05, 3.63) is 59.2 Å². The first-order chi connectivity index (χ1) is 9.76. The quantitative estimate of drug-likeness (QED) is 0.611. The second-order valence-corrected chi connectivity index (χ2v) is 4.65. The van der Waals surface area contributed by atoms with Gasteiger partial charge >= 0.3 is 0 Å². The van der Waals surface area contributed by atoms with E-state index in [1.165, 1.54) is 5.56 Å². The average molecular weight is 263 g/mol. The predicted molar refractivity (Wildman–Crippen MR) is 77.2 cm³/mol. The van der Waals surface area contributed by atoms with Gasteiger partial charge in [-0.2, -0.15) is 5.26 Å². The number of hydrogen-bond donors (Lipinski definition) is 0. The Balaban J connectivity index is 1.97. The molecular weight excluding hydrogens is 250 g/mol. The third kappa shape index (κ3) is 2.36. The van der Waals surface area contributed by atoms with E-state index in [0.717, 1.165) is 22.6 Å². The molecule has 0 aromatic heterocycles. The summed E-state index contributed by atoms with van der Waals surface area (Å²) in [6.45, 7) is 2.28. The number of fused-ring (bicyclic) bond motifs is 1. The van der Waals surface area contributed by atoms with E-state index in [1.807, 2.05) is 55.5 Å². The van der Waals surface area contributed by atoms with E-state index in [9.17, 15) is 5.26 Å². The predicted octanol–water partition coefficient (Wildman–Crippen LogP) is 3.79. The molecule has 0 unspecified atom stereocenters. The van der Waals surface area contributed by atoms with Gasteiger partial charge in [0.25, 0.3) is 0 Å². The van der Waals surface area contributed by atoms with Crippen LogP contribution in [-0.2, 0) is 0 Å². The van der Waals surface area contributed by atoms with Crippen molar-refractivity contribution in [2.45, 2.75) is 6.92 Å². The SMILES string of the molecule is Cc1ccc(/C(C#N)=C/c2ccc3c(c2)OCO3)cc1. The molecule has 1 aliphatic rings. The van der Waals surface area contributed by atoms with E-state index in [0.29, 0.717) is 5.57 Å². The summed E-state index contributed by atoms with van der Waals surface area (Å²) in [7, 11) is 0. The second-order valence-electron chi connectivity index (χ2n) is 4.65. The Kier molecular flexibility index (Phi) is 3.14. The largest absolute Gasteiger partial charge is 0.454 e. The molecule has 2 aromatic rings. The van der Waals surface area contributed by atoms with Crippen molar-refractivity contribution < 1.29 is 9.47 Å². The fourth-order valence-electron chi connectivity index (χ4n) is 2.08. The number of nitrogens with zero attached hydrogens (tertiary/aromatic N) is 1. The first kappa shape index (κ1) is 12.3. The molecular formula is C17H13NO2. The summed E-state index contributed by atoms with van der Waals surface area (Å²) in [5.41, 5.74) is 3.64.